The Bertz CT molecular complexity index is 1060. The number of amides is 2. The molecule has 2 aromatic rings. The van der Waals surface area contributed by atoms with E-state index < -0.39 is 27.4 Å². The van der Waals surface area contributed by atoms with Crippen LogP contribution in [-0.4, -0.2) is 54.6 Å². The lowest BCUT2D eigenvalue weighted by Crippen LogP contribution is -2.69. The Morgan fingerprint density at radius 1 is 1.12 bits per heavy atom. The molecule has 1 fully saturated rings. The van der Waals surface area contributed by atoms with Crippen LogP contribution in [-0.2, 0) is 26.2 Å². The van der Waals surface area contributed by atoms with E-state index in [1.165, 1.54) is 29.2 Å². The maximum absolute atomic E-state index is 13.3. The summed E-state index contributed by atoms with van der Waals surface area (Å²) in [6.07, 6.45) is 1.51. The lowest BCUT2D eigenvalue weighted by Gasteiger charge is -2.46. The summed E-state index contributed by atoms with van der Waals surface area (Å²) >= 11 is 0. The minimum Gasteiger partial charge on any atom is -0.350 e. The van der Waals surface area contributed by atoms with Crippen LogP contribution < -0.4 is 5.32 Å². The van der Waals surface area contributed by atoms with Gasteiger partial charge in [0.1, 0.15) is 11.4 Å². The third-order valence-electron chi connectivity index (χ3n) is 5.66. The van der Waals surface area contributed by atoms with Gasteiger partial charge >= 0.3 is 0 Å². The van der Waals surface area contributed by atoms with Crippen LogP contribution in [0.25, 0.3) is 0 Å². The van der Waals surface area contributed by atoms with Gasteiger partial charge in [0.15, 0.2) is 0 Å². The average Bonchev–Trinajstić information content (AvgIpc) is 2.78. The molecule has 3 rings (SSSR count). The third kappa shape index (κ3) is 4.99. The molecule has 0 radical (unpaired) electrons. The van der Waals surface area contributed by atoms with E-state index in [0.29, 0.717) is 18.5 Å². The SMILES string of the molecule is CCCCN1C(=O)CN(S(=O)(=O)c2ccccc2)C[C@@]1(C)C(=O)NCc1ccc(F)cc1. The van der Waals surface area contributed by atoms with Crippen LogP contribution >= 0.6 is 0 Å². The fourth-order valence-corrected chi connectivity index (χ4v) is 5.27. The van der Waals surface area contributed by atoms with E-state index in [1.54, 1.807) is 37.3 Å². The molecule has 1 heterocycles. The molecule has 0 spiro atoms. The second-order valence-electron chi connectivity index (χ2n) is 8.07. The number of hydrogen-bond donors (Lipinski definition) is 1. The van der Waals surface area contributed by atoms with Crippen LogP contribution in [0.2, 0.25) is 0 Å². The van der Waals surface area contributed by atoms with Gasteiger partial charge in [0, 0.05) is 19.6 Å². The summed E-state index contributed by atoms with van der Waals surface area (Å²) in [6, 6.07) is 13.6. The highest BCUT2D eigenvalue weighted by Crippen LogP contribution is 2.28. The van der Waals surface area contributed by atoms with E-state index in [-0.39, 0.29) is 30.3 Å². The van der Waals surface area contributed by atoms with Crippen molar-refractivity contribution in [3.05, 3.63) is 66.0 Å². The smallest absolute Gasteiger partial charge is 0.247 e. The van der Waals surface area contributed by atoms with Gasteiger partial charge in [0.05, 0.1) is 11.4 Å². The second-order valence-corrected chi connectivity index (χ2v) is 10.0. The lowest BCUT2D eigenvalue weighted by atomic mass is 9.95. The summed E-state index contributed by atoms with van der Waals surface area (Å²) in [5, 5.41) is 2.79. The zero-order valence-corrected chi connectivity index (χ0v) is 19.1. The summed E-state index contributed by atoms with van der Waals surface area (Å²) in [4.78, 5) is 27.9. The molecular formula is C23H28FN3O4S. The molecule has 0 saturated carbocycles. The Hall–Kier alpha value is -2.78. The molecule has 32 heavy (non-hydrogen) atoms. The first-order valence-corrected chi connectivity index (χ1v) is 12.0. The van der Waals surface area contributed by atoms with Crippen molar-refractivity contribution in [3.8, 4) is 0 Å². The quantitative estimate of drug-likeness (QED) is 0.655. The molecule has 0 aromatic heterocycles. The number of carbonyl (C=O) groups excluding carboxylic acids is 2. The first-order valence-electron chi connectivity index (χ1n) is 10.6. The fraction of sp³-hybridized carbons (Fsp3) is 0.391. The standard InChI is InChI=1S/C23H28FN3O4S/c1-3-4-14-27-21(28)16-26(32(30,31)20-8-6-5-7-9-20)17-23(27,2)22(29)25-15-18-10-12-19(24)13-11-18/h5-13H,3-4,14-17H2,1-2H3,(H,25,29)/t23-/m0/s1. The van der Waals surface area contributed by atoms with Crippen molar-refractivity contribution in [1.29, 1.82) is 0 Å². The highest BCUT2D eigenvalue weighted by molar-refractivity contribution is 7.89. The van der Waals surface area contributed by atoms with Gasteiger partial charge in [-0.15, -0.1) is 0 Å². The molecule has 0 aliphatic carbocycles. The van der Waals surface area contributed by atoms with Crippen LogP contribution in [0.15, 0.2) is 59.5 Å². The van der Waals surface area contributed by atoms with Crippen LogP contribution in [0.5, 0.6) is 0 Å². The maximum atomic E-state index is 13.3. The first-order chi connectivity index (χ1) is 15.2. The summed E-state index contributed by atoms with van der Waals surface area (Å²) < 4.78 is 40.6. The summed E-state index contributed by atoms with van der Waals surface area (Å²) in [7, 11) is -3.95. The van der Waals surface area contributed by atoms with Crippen LogP contribution in [0.4, 0.5) is 4.39 Å². The Kier molecular flexibility index (Phi) is 7.30. The number of unbranched alkanes of at least 4 members (excludes halogenated alkanes) is 1. The number of rotatable bonds is 8. The molecule has 1 N–H and O–H groups in total. The summed E-state index contributed by atoms with van der Waals surface area (Å²) in [6.45, 7) is 3.58. The van der Waals surface area contributed by atoms with Gasteiger partial charge in [0.25, 0.3) is 0 Å². The largest absolute Gasteiger partial charge is 0.350 e. The van der Waals surface area contributed by atoms with Crippen LogP contribution in [0, 0.1) is 5.82 Å². The summed E-state index contributed by atoms with van der Waals surface area (Å²) in [5.74, 6) is -1.25. The lowest BCUT2D eigenvalue weighted by molar-refractivity contribution is -0.152. The number of hydrogen-bond acceptors (Lipinski definition) is 4. The molecule has 9 heteroatoms. The van der Waals surface area contributed by atoms with Gasteiger partial charge in [-0.25, -0.2) is 12.8 Å². The van der Waals surface area contributed by atoms with Gasteiger partial charge in [-0.05, 0) is 43.2 Å². The Morgan fingerprint density at radius 2 is 1.78 bits per heavy atom. The predicted octanol–water partition coefficient (Wildman–Crippen LogP) is 2.53. The summed E-state index contributed by atoms with van der Waals surface area (Å²) in [5.41, 5.74) is -0.689. The van der Waals surface area contributed by atoms with E-state index in [0.717, 1.165) is 10.7 Å². The van der Waals surface area contributed by atoms with E-state index >= 15 is 0 Å². The zero-order valence-electron chi connectivity index (χ0n) is 18.3. The monoisotopic (exact) mass is 461 g/mol. The van der Waals surface area contributed by atoms with E-state index in [2.05, 4.69) is 5.32 Å². The van der Waals surface area contributed by atoms with E-state index in [9.17, 15) is 22.4 Å². The van der Waals surface area contributed by atoms with Crippen LogP contribution in [0.1, 0.15) is 32.3 Å². The minimum atomic E-state index is -3.95. The third-order valence-corrected chi connectivity index (χ3v) is 7.47. The average molecular weight is 462 g/mol. The highest BCUT2D eigenvalue weighted by Gasteiger charge is 2.50. The first kappa shape index (κ1) is 23.9. The van der Waals surface area contributed by atoms with Gasteiger partial charge in [-0.1, -0.05) is 43.7 Å². The molecule has 0 bridgehead atoms. The van der Waals surface area contributed by atoms with Crippen molar-refractivity contribution >= 4 is 21.8 Å². The number of benzene rings is 2. The number of carbonyl (C=O) groups is 2. The Morgan fingerprint density at radius 3 is 2.41 bits per heavy atom. The number of nitrogens with one attached hydrogen (secondary N) is 1. The fourth-order valence-electron chi connectivity index (χ4n) is 3.76. The minimum absolute atomic E-state index is 0.0730. The number of piperazine rings is 1. The molecule has 2 aromatic carbocycles. The van der Waals surface area contributed by atoms with Gasteiger partial charge in [0.2, 0.25) is 21.8 Å². The Labute approximate surface area is 188 Å². The second kappa shape index (κ2) is 9.79. The van der Waals surface area contributed by atoms with Gasteiger partial charge < -0.3 is 10.2 Å². The number of nitrogens with zero attached hydrogens (tertiary/aromatic N) is 2. The highest BCUT2D eigenvalue weighted by atomic mass is 32.2. The van der Waals surface area contributed by atoms with Crippen molar-refractivity contribution in [2.24, 2.45) is 0 Å². The Balaban J connectivity index is 1.87. The predicted molar refractivity (Wildman–Crippen MR) is 118 cm³/mol. The molecule has 2 amide bonds. The number of sulfonamides is 1. The molecule has 1 aliphatic heterocycles. The van der Waals surface area contributed by atoms with E-state index in [1.807, 2.05) is 6.92 Å². The maximum Gasteiger partial charge on any atom is 0.247 e. The van der Waals surface area contributed by atoms with Crippen molar-refractivity contribution < 1.29 is 22.4 Å². The normalized spacial score (nSPS) is 19.7. The van der Waals surface area contributed by atoms with Crippen LogP contribution in [0.3, 0.4) is 0 Å². The molecule has 172 valence electrons. The van der Waals surface area contributed by atoms with Crippen molar-refractivity contribution in [3.63, 3.8) is 0 Å². The van der Waals surface area contributed by atoms with Gasteiger partial charge in [-0.2, -0.15) is 4.31 Å². The molecular weight excluding hydrogens is 433 g/mol. The molecule has 1 aliphatic rings. The molecule has 0 unspecified atom stereocenters. The van der Waals surface area contributed by atoms with Crippen molar-refractivity contribution in [2.75, 3.05) is 19.6 Å². The number of halogens is 1. The van der Waals surface area contributed by atoms with Crippen molar-refractivity contribution in [2.45, 2.75) is 43.7 Å². The molecule has 1 saturated heterocycles. The van der Waals surface area contributed by atoms with E-state index in [4.69, 9.17) is 0 Å². The topological polar surface area (TPSA) is 86.8 Å². The molecule has 7 nitrogen and oxygen atoms in total. The molecule has 1 atom stereocenters. The van der Waals surface area contributed by atoms with Gasteiger partial charge in [-0.3, -0.25) is 9.59 Å². The zero-order chi connectivity index (χ0) is 23.4. The van der Waals surface area contributed by atoms with Crippen molar-refractivity contribution in [1.82, 2.24) is 14.5 Å².